The number of fused-ring (bicyclic) bond motifs is 1. The third-order valence-corrected chi connectivity index (χ3v) is 4.42. The zero-order valence-corrected chi connectivity index (χ0v) is 13.7. The summed E-state index contributed by atoms with van der Waals surface area (Å²) in [5.41, 5.74) is 3.43. The molecule has 1 heterocycles. The number of methoxy groups -OCH3 is 1. The van der Waals surface area contributed by atoms with E-state index in [2.05, 4.69) is 36.0 Å². The number of alkyl halides is 1. The third-order valence-electron chi connectivity index (χ3n) is 3.37. The molecule has 0 aliphatic rings. The molecule has 1 unspecified atom stereocenters. The Kier molecular flexibility index (Phi) is 4.29. The molecule has 1 amide bonds. The summed E-state index contributed by atoms with van der Waals surface area (Å²) in [4.78, 5) is 18.4. The fourth-order valence-electron chi connectivity index (χ4n) is 2.22. The number of rotatable bonds is 3. The quantitative estimate of drug-likeness (QED) is 0.666. The molecular formula is C16H13BrFN3O2. The lowest BCUT2D eigenvalue weighted by Gasteiger charge is -2.10. The molecule has 1 atom stereocenters. The van der Waals surface area contributed by atoms with Crippen molar-refractivity contribution in [2.24, 2.45) is 0 Å². The number of hydrogen-bond donors (Lipinski definition) is 2. The monoisotopic (exact) mass is 377 g/mol. The molecule has 0 spiro atoms. The van der Waals surface area contributed by atoms with Crippen LogP contribution in [0.4, 0.5) is 15.1 Å². The van der Waals surface area contributed by atoms with E-state index in [1.807, 2.05) is 18.2 Å². The highest BCUT2D eigenvalue weighted by Gasteiger charge is 2.13. The molecule has 0 aliphatic heterocycles. The minimum absolute atomic E-state index is 0.0761. The Balaban J connectivity index is 1.90. The van der Waals surface area contributed by atoms with E-state index in [4.69, 9.17) is 0 Å². The second-order valence-electron chi connectivity index (χ2n) is 4.89. The maximum absolute atomic E-state index is 13.0. The molecule has 118 valence electrons. The SMILES string of the molecule is COC(=O)Nc1nc2ccc(C(Br)c3ccc(F)cc3)cc2[nH]1. The first-order valence-electron chi connectivity index (χ1n) is 6.81. The van der Waals surface area contributed by atoms with Gasteiger partial charge >= 0.3 is 6.09 Å². The van der Waals surface area contributed by atoms with Gasteiger partial charge in [0.05, 0.1) is 23.0 Å². The van der Waals surface area contributed by atoms with Crippen LogP contribution in [0, 0.1) is 5.82 Å². The Hall–Kier alpha value is -2.41. The number of anilines is 1. The standard InChI is InChI=1S/C16H13BrFN3O2/c1-23-16(22)21-15-19-12-7-4-10(8-13(12)20-15)14(17)9-2-5-11(18)6-3-9/h2-8,14H,1H3,(H2,19,20,21,22). The highest BCUT2D eigenvalue weighted by Crippen LogP contribution is 2.32. The molecule has 0 saturated carbocycles. The van der Waals surface area contributed by atoms with Gasteiger partial charge in [-0.3, -0.25) is 5.32 Å². The van der Waals surface area contributed by atoms with Gasteiger partial charge in [-0.1, -0.05) is 34.1 Å². The highest BCUT2D eigenvalue weighted by atomic mass is 79.9. The summed E-state index contributed by atoms with van der Waals surface area (Å²) in [6, 6.07) is 12.0. The summed E-state index contributed by atoms with van der Waals surface area (Å²) in [5.74, 6) is 0.0490. The number of nitrogens with zero attached hydrogens (tertiary/aromatic N) is 1. The van der Waals surface area contributed by atoms with E-state index in [0.29, 0.717) is 5.95 Å². The molecular weight excluding hydrogens is 365 g/mol. The Morgan fingerprint density at radius 3 is 2.65 bits per heavy atom. The number of carbonyl (C=O) groups excluding carboxylic acids is 1. The summed E-state index contributed by atoms with van der Waals surface area (Å²) >= 11 is 3.62. The fourth-order valence-corrected chi connectivity index (χ4v) is 2.81. The van der Waals surface area contributed by atoms with E-state index in [9.17, 15) is 9.18 Å². The van der Waals surface area contributed by atoms with Crippen molar-refractivity contribution < 1.29 is 13.9 Å². The molecule has 2 N–H and O–H groups in total. The lowest BCUT2D eigenvalue weighted by atomic mass is 10.0. The lowest BCUT2D eigenvalue weighted by molar-refractivity contribution is 0.186. The first kappa shape index (κ1) is 15.5. The summed E-state index contributed by atoms with van der Waals surface area (Å²) in [6.45, 7) is 0. The molecule has 0 aliphatic carbocycles. The number of benzene rings is 2. The van der Waals surface area contributed by atoms with E-state index >= 15 is 0 Å². The van der Waals surface area contributed by atoms with Gasteiger partial charge in [0.2, 0.25) is 5.95 Å². The zero-order valence-electron chi connectivity index (χ0n) is 12.1. The van der Waals surface area contributed by atoms with Gasteiger partial charge in [-0.15, -0.1) is 0 Å². The minimum atomic E-state index is -0.589. The van der Waals surface area contributed by atoms with Crippen LogP contribution >= 0.6 is 15.9 Å². The van der Waals surface area contributed by atoms with Gasteiger partial charge in [0.1, 0.15) is 5.82 Å². The van der Waals surface area contributed by atoms with E-state index in [-0.39, 0.29) is 10.6 Å². The molecule has 23 heavy (non-hydrogen) atoms. The molecule has 2 aromatic carbocycles. The molecule has 0 fully saturated rings. The van der Waals surface area contributed by atoms with Gasteiger partial charge in [-0.2, -0.15) is 0 Å². The van der Waals surface area contributed by atoms with Crippen LogP contribution < -0.4 is 5.32 Å². The first-order valence-corrected chi connectivity index (χ1v) is 7.72. The van der Waals surface area contributed by atoms with E-state index in [1.165, 1.54) is 19.2 Å². The number of H-pyrrole nitrogens is 1. The number of ether oxygens (including phenoxy) is 1. The minimum Gasteiger partial charge on any atom is -0.453 e. The summed E-state index contributed by atoms with van der Waals surface area (Å²) in [5, 5.41) is 2.49. The number of carbonyl (C=O) groups is 1. The molecule has 0 bridgehead atoms. The van der Waals surface area contributed by atoms with Crippen molar-refractivity contribution in [3.8, 4) is 0 Å². The summed E-state index contributed by atoms with van der Waals surface area (Å²) in [7, 11) is 1.29. The van der Waals surface area contributed by atoms with Crippen LogP contribution in [0.15, 0.2) is 42.5 Å². The number of aromatic nitrogens is 2. The van der Waals surface area contributed by atoms with Crippen LogP contribution in [0.3, 0.4) is 0 Å². The number of amides is 1. The number of aromatic amines is 1. The maximum Gasteiger partial charge on any atom is 0.413 e. The van der Waals surface area contributed by atoms with Gasteiger partial charge in [-0.25, -0.2) is 14.2 Å². The van der Waals surface area contributed by atoms with Crippen molar-refractivity contribution in [3.05, 3.63) is 59.4 Å². The van der Waals surface area contributed by atoms with Crippen LogP contribution in [-0.4, -0.2) is 23.2 Å². The largest absolute Gasteiger partial charge is 0.453 e. The number of imidazole rings is 1. The lowest BCUT2D eigenvalue weighted by Crippen LogP contribution is -2.11. The van der Waals surface area contributed by atoms with Gasteiger partial charge < -0.3 is 9.72 Å². The summed E-state index contributed by atoms with van der Waals surface area (Å²) < 4.78 is 17.6. The second kappa shape index (κ2) is 6.37. The van der Waals surface area contributed by atoms with E-state index in [1.54, 1.807) is 12.1 Å². The molecule has 0 radical (unpaired) electrons. The number of nitrogens with one attached hydrogen (secondary N) is 2. The van der Waals surface area contributed by atoms with Crippen LogP contribution in [0.25, 0.3) is 11.0 Å². The molecule has 5 nitrogen and oxygen atoms in total. The van der Waals surface area contributed by atoms with Crippen LogP contribution in [0.5, 0.6) is 0 Å². The highest BCUT2D eigenvalue weighted by molar-refractivity contribution is 9.09. The fraction of sp³-hybridized carbons (Fsp3) is 0.125. The van der Waals surface area contributed by atoms with E-state index in [0.717, 1.165) is 22.2 Å². The second-order valence-corrected chi connectivity index (χ2v) is 5.81. The molecule has 3 rings (SSSR count). The van der Waals surface area contributed by atoms with Gasteiger partial charge in [-0.05, 0) is 35.4 Å². The Labute approximate surface area is 140 Å². The van der Waals surface area contributed by atoms with Gasteiger partial charge in [0, 0.05) is 0 Å². The third kappa shape index (κ3) is 3.34. The molecule has 0 saturated heterocycles. The zero-order chi connectivity index (χ0) is 16.4. The number of hydrogen-bond acceptors (Lipinski definition) is 3. The Bertz CT molecular complexity index is 848. The van der Waals surface area contributed by atoms with Crippen LogP contribution in [-0.2, 0) is 4.74 Å². The van der Waals surface area contributed by atoms with Crippen molar-refractivity contribution in [1.29, 1.82) is 0 Å². The van der Waals surface area contributed by atoms with Crippen molar-refractivity contribution in [2.75, 3.05) is 12.4 Å². The van der Waals surface area contributed by atoms with E-state index < -0.39 is 6.09 Å². The van der Waals surface area contributed by atoms with Crippen molar-refractivity contribution >= 4 is 39.0 Å². The number of halogens is 2. The average molecular weight is 378 g/mol. The Morgan fingerprint density at radius 1 is 1.26 bits per heavy atom. The topological polar surface area (TPSA) is 67.0 Å². The van der Waals surface area contributed by atoms with Crippen LogP contribution in [0.2, 0.25) is 0 Å². The molecule has 1 aromatic heterocycles. The van der Waals surface area contributed by atoms with Crippen molar-refractivity contribution in [2.45, 2.75) is 4.83 Å². The molecule has 7 heteroatoms. The normalized spacial score (nSPS) is 12.1. The predicted molar refractivity (Wildman–Crippen MR) is 89.3 cm³/mol. The predicted octanol–water partition coefficient (Wildman–Crippen LogP) is 4.36. The Morgan fingerprint density at radius 2 is 1.96 bits per heavy atom. The average Bonchev–Trinajstić information content (AvgIpc) is 2.96. The van der Waals surface area contributed by atoms with Gasteiger partial charge in [0.15, 0.2) is 0 Å². The van der Waals surface area contributed by atoms with Gasteiger partial charge in [0.25, 0.3) is 0 Å². The molecule has 3 aromatic rings. The van der Waals surface area contributed by atoms with Crippen LogP contribution in [0.1, 0.15) is 16.0 Å². The summed E-state index contributed by atoms with van der Waals surface area (Å²) in [6.07, 6.45) is -0.589. The first-order chi connectivity index (χ1) is 11.1. The van der Waals surface area contributed by atoms with Crippen molar-refractivity contribution in [1.82, 2.24) is 9.97 Å². The maximum atomic E-state index is 13.0. The smallest absolute Gasteiger partial charge is 0.413 e. The van der Waals surface area contributed by atoms with Crippen molar-refractivity contribution in [3.63, 3.8) is 0 Å².